The molecule has 0 unspecified atom stereocenters. The smallest absolute Gasteiger partial charge is 0.285 e. The van der Waals surface area contributed by atoms with Crippen molar-refractivity contribution in [1.29, 1.82) is 0 Å². The van der Waals surface area contributed by atoms with Gasteiger partial charge in [-0.05, 0) is 29.5 Å². The van der Waals surface area contributed by atoms with Crippen molar-refractivity contribution in [3.63, 3.8) is 0 Å². The van der Waals surface area contributed by atoms with E-state index in [1.807, 2.05) is 30.3 Å². The van der Waals surface area contributed by atoms with Crippen molar-refractivity contribution >= 4 is 17.4 Å². The van der Waals surface area contributed by atoms with E-state index >= 15 is 0 Å². The Labute approximate surface area is 178 Å². The number of carbonyl (C=O) groups excluding carboxylic acids is 1. The molecule has 1 fully saturated rings. The highest BCUT2D eigenvalue weighted by molar-refractivity contribution is 6.10. The molecule has 1 amide bonds. The predicted octanol–water partition coefficient (Wildman–Crippen LogP) is 1.28. The summed E-state index contributed by atoms with van der Waals surface area (Å²) in [6, 6.07) is 14.7. The fraction of sp³-hybridized carbons (Fsp3) is 0.300. The van der Waals surface area contributed by atoms with Crippen molar-refractivity contribution in [2.24, 2.45) is 12.2 Å². The van der Waals surface area contributed by atoms with Gasteiger partial charge in [0.05, 0.1) is 18.9 Å². The maximum atomic E-state index is 12.4. The van der Waals surface area contributed by atoms with Crippen molar-refractivity contribution in [2.45, 2.75) is 19.3 Å². The highest BCUT2D eigenvalue weighted by atomic mass is 16.7. The second-order valence-electron chi connectivity index (χ2n) is 6.82. The molecule has 1 aliphatic rings. The number of aryl methyl sites for hydroxylation is 1. The number of tetrazole rings is 1. The SMILES string of the molecule is Cn1nnnc1C(=NOCc1cccc(NC(=O)C2(C)OCCO2)n1)c1ccccc1. The number of anilines is 1. The first kappa shape index (κ1) is 20.6. The van der Waals surface area contributed by atoms with Gasteiger partial charge in [0.2, 0.25) is 11.6 Å². The fourth-order valence-corrected chi connectivity index (χ4v) is 2.92. The lowest BCUT2D eigenvalue weighted by Crippen LogP contribution is -2.41. The Morgan fingerprint density at radius 2 is 1.97 bits per heavy atom. The molecule has 11 nitrogen and oxygen atoms in total. The van der Waals surface area contributed by atoms with Crippen LogP contribution in [0.1, 0.15) is 24.0 Å². The van der Waals surface area contributed by atoms with Crippen LogP contribution in [-0.2, 0) is 32.8 Å². The van der Waals surface area contributed by atoms with E-state index in [1.54, 1.807) is 32.2 Å². The van der Waals surface area contributed by atoms with Crippen LogP contribution < -0.4 is 5.32 Å². The molecule has 0 atom stereocenters. The number of hydrogen-bond donors (Lipinski definition) is 1. The van der Waals surface area contributed by atoms with Crippen LogP contribution in [0, 0.1) is 0 Å². The molecule has 2 aromatic heterocycles. The third kappa shape index (κ3) is 4.73. The fourth-order valence-electron chi connectivity index (χ4n) is 2.92. The summed E-state index contributed by atoms with van der Waals surface area (Å²) in [5.41, 5.74) is 1.86. The van der Waals surface area contributed by atoms with Crippen LogP contribution in [-0.4, -0.2) is 55.8 Å². The number of rotatable bonds is 7. The van der Waals surface area contributed by atoms with Crippen LogP contribution in [0.4, 0.5) is 5.82 Å². The average Bonchev–Trinajstić information content (AvgIpc) is 3.41. The van der Waals surface area contributed by atoms with Gasteiger partial charge in [-0.25, -0.2) is 9.67 Å². The Balaban J connectivity index is 1.47. The van der Waals surface area contributed by atoms with Gasteiger partial charge in [0.1, 0.15) is 5.82 Å². The van der Waals surface area contributed by atoms with Crippen LogP contribution in [0.3, 0.4) is 0 Å². The third-order valence-corrected chi connectivity index (χ3v) is 4.55. The normalized spacial score (nSPS) is 15.6. The van der Waals surface area contributed by atoms with Crippen molar-refractivity contribution in [3.05, 3.63) is 65.6 Å². The predicted molar refractivity (Wildman–Crippen MR) is 109 cm³/mol. The van der Waals surface area contributed by atoms with Gasteiger partial charge in [0.15, 0.2) is 12.3 Å². The zero-order chi connectivity index (χ0) is 21.7. The molecule has 3 heterocycles. The Kier molecular flexibility index (Phi) is 5.96. The molecule has 3 aromatic rings. The van der Waals surface area contributed by atoms with Crippen LogP contribution in [0.2, 0.25) is 0 Å². The van der Waals surface area contributed by atoms with Gasteiger partial charge in [0.25, 0.3) is 5.91 Å². The van der Waals surface area contributed by atoms with Crippen LogP contribution in [0.15, 0.2) is 53.7 Å². The van der Waals surface area contributed by atoms with Gasteiger partial charge < -0.3 is 19.6 Å². The van der Waals surface area contributed by atoms with Gasteiger partial charge in [-0.2, -0.15) is 0 Å². The molecule has 1 aliphatic heterocycles. The van der Waals surface area contributed by atoms with Crippen LogP contribution in [0.5, 0.6) is 0 Å². The van der Waals surface area contributed by atoms with Crippen molar-refractivity contribution in [1.82, 2.24) is 25.2 Å². The monoisotopic (exact) mass is 423 g/mol. The van der Waals surface area contributed by atoms with Crippen LogP contribution in [0.25, 0.3) is 0 Å². The summed E-state index contributed by atoms with van der Waals surface area (Å²) >= 11 is 0. The number of amides is 1. The van der Waals surface area contributed by atoms with Gasteiger partial charge in [0, 0.05) is 12.6 Å². The zero-order valence-electron chi connectivity index (χ0n) is 17.1. The minimum Gasteiger partial charge on any atom is -0.389 e. The minimum absolute atomic E-state index is 0.0790. The lowest BCUT2D eigenvalue weighted by Gasteiger charge is -2.20. The third-order valence-electron chi connectivity index (χ3n) is 4.55. The number of hydrogen-bond acceptors (Lipinski definition) is 9. The first-order chi connectivity index (χ1) is 15.0. The van der Waals surface area contributed by atoms with E-state index in [0.717, 1.165) is 5.56 Å². The van der Waals surface area contributed by atoms with Crippen LogP contribution >= 0.6 is 0 Å². The second-order valence-corrected chi connectivity index (χ2v) is 6.82. The van der Waals surface area contributed by atoms with Gasteiger partial charge in [-0.15, -0.1) is 5.10 Å². The summed E-state index contributed by atoms with van der Waals surface area (Å²) in [7, 11) is 1.72. The molecule has 31 heavy (non-hydrogen) atoms. The number of oxime groups is 1. The molecular formula is C20H21N7O4. The molecule has 0 spiro atoms. The summed E-state index contributed by atoms with van der Waals surface area (Å²) < 4.78 is 12.2. The first-order valence-electron chi connectivity index (χ1n) is 9.58. The topological polar surface area (TPSA) is 126 Å². The summed E-state index contributed by atoms with van der Waals surface area (Å²) in [5, 5.41) is 18.5. The number of ether oxygens (including phenoxy) is 2. The number of nitrogens with one attached hydrogen (secondary N) is 1. The molecule has 1 aromatic carbocycles. The first-order valence-corrected chi connectivity index (χ1v) is 9.58. The Hall–Kier alpha value is -3.70. The summed E-state index contributed by atoms with van der Waals surface area (Å²) in [4.78, 5) is 22.3. The maximum Gasteiger partial charge on any atom is 0.285 e. The number of aromatic nitrogens is 5. The van der Waals surface area contributed by atoms with Gasteiger partial charge >= 0.3 is 0 Å². The molecule has 0 bridgehead atoms. The van der Waals surface area contributed by atoms with E-state index in [2.05, 4.69) is 31.0 Å². The highest BCUT2D eigenvalue weighted by Gasteiger charge is 2.39. The van der Waals surface area contributed by atoms with E-state index in [9.17, 15) is 4.79 Å². The quantitative estimate of drug-likeness (QED) is 0.445. The lowest BCUT2D eigenvalue weighted by molar-refractivity contribution is -0.170. The van der Waals surface area contributed by atoms with E-state index in [0.29, 0.717) is 36.3 Å². The van der Waals surface area contributed by atoms with Gasteiger partial charge in [-0.3, -0.25) is 4.79 Å². The largest absolute Gasteiger partial charge is 0.389 e. The molecule has 0 aliphatic carbocycles. The Bertz CT molecular complexity index is 1080. The maximum absolute atomic E-state index is 12.4. The molecular weight excluding hydrogens is 402 g/mol. The molecule has 1 saturated heterocycles. The molecule has 0 radical (unpaired) electrons. The summed E-state index contributed by atoms with van der Waals surface area (Å²) in [5.74, 6) is -0.913. The standard InChI is InChI=1S/C20H21N7O4/c1-20(29-11-12-30-20)19(28)22-16-10-6-9-15(21-16)13-31-24-17(14-7-4-3-5-8-14)18-23-25-26-27(18)2/h3-10H,11-13H2,1-2H3,(H,21,22,28). The summed E-state index contributed by atoms with van der Waals surface area (Å²) in [6.45, 7) is 2.39. The zero-order valence-corrected chi connectivity index (χ0v) is 17.1. The number of carbonyl (C=O) groups is 1. The minimum atomic E-state index is -1.31. The number of benzene rings is 1. The molecule has 4 rings (SSSR count). The number of pyridine rings is 1. The van der Waals surface area contributed by atoms with Crippen molar-refractivity contribution in [3.8, 4) is 0 Å². The van der Waals surface area contributed by atoms with Crippen molar-refractivity contribution in [2.75, 3.05) is 18.5 Å². The Morgan fingerprint density at radius 3 is 2.68 bits per heavy atom. The highest BCUT2D eigenvalue weighted by Crippen LogP contribution is 2.20. The van der Waals surface area contributed by atoms with E-state index in [-0.39, 0.29) is 6.61 Å². The summed E-state index contributed by atoms with van der Waals surface area (Å²) in [6.07, 6.45) is 0. The molecule has 160 valence electrons. The molecule has 0 saturated carbocycles. The number of nitrogens with zero attached hydrogens (tertiary/aromatic N) is 6. The van der Waals surface area contributed by atoms with Crippen molar-refractivity contribution < 1.29 is 19.1 Å². The Morgan fingerprint density at radius 1 is 1.19 bits per heavy atom. The van der Waals surface area contributed by atoms with Gasteiger partial charge in [-0.1, -0.05) is 41.6 Å². The van der Waals surface area contributed by atoms with E-state index in [4.69, 9.17) is 14.3 Å². The van der Waals surface area contributed by atoms with E-state index in [1.165, 1.54) is 4.68 Å². The molecule has 11 heteroatoms. The molecule has 1 N–H and O–H groups in total. The second kappa shape index (κ2) is 8.98. The van der Waals surface area contributed by atoms with E-state index < -0.39 is 11.7 Å². The lowest BCUT2D eigenvalue weighted by atomic mass is 10.1. The average molecular weight is 423 g/mol.